The lowest BCUT2D eigenvalue weighted by Gasteiger charge is -2.24. The number of rotatable bonds is 8. The van der Waals surface area contributed by atoms with Crippen LogP contribution in [0.2, 0.25) is 5.02 Å². The lowest BCUT2D eigenvalue weighted by atomic mass is 9.95. The van der Waals surface area contributed by atoms with Crippen LogP contribution in [0.5, 0.6) is 0 Å². The fourth-order valence-corrected chi connectivity index (χ4v) is 2.21. The summed E-state index contributed by atoms with van der Waals surface area (Å²) in [5.41, 5.74) is 0.446. The van der Waals surface area contributed by atoms with Gasteiger partial charge >= 0.3 is 0 Å². The third-order valence-corrected chi connectivity index (χ3v) is 3.54. The average Bonchev–Trinajstić information content (AvgIpc) is 2.41. The molecule has 0 aliphatic heterocycles. The van der Waals surface area contributed by atoms with Crippen molar-refractivity contribution in [2.75, 3.05) is 5.32 Å². The Bertz CT molecular complexity index is 408. The van der Waals surface area contributed by atoms with Gasteiger partial charge in [-0.25, -0.2) is 0 Å². The van der Waals surface area contributed by atoms with Crippen molar-refractivity contribution in [2.24, 2.45) is 0 Å². The molecule has 0 saturated carbocycles. The summed E-state index contributed by atoms with van der Waals surface area (Å²) < 4.78 is 0. The first-order valence-corrected chi connectivity index (χ1v) is 7.42. The fourth-order valence-electron chi connectivity index (χ4n) is 2.08. The summed E-state index contributed by atoms with van der Waals surface area (Å²) in [6.45, 7) is 4.17. The smallest absolute Gasteiger partial charge is 0.122 e. The van der Waals surface area contributed by atoms with Gasteiger partial charge in [0.05, 0.1) is 6.07 Å². The van der Waals surface area contributed by atoms with Crippen LogP contribution < -0.4 is 5.32 Å². The van der Waals surface area contributed by atoms with Crippen LogP contribution in [0.1, 0.15) is 52.4 Å². The van der Waals surface area contributed by atoms with Gasteiger partial charge in [0.25, 0.3) is 0 Å². The average molecular weight is 279 g/mol. The van der Waals surface area contributed by atoms with Crippen molar-refractivity contribution in [1.82, 2.24) is 0 Å². The number of unbranched alkanes of at least 4 members (excludes halogenated alkanes) is 4. The van der Waals surface area contributed by atoms with Crippen LogP contribution in [0.15, 0.2) is 24.3 Å². The van der Waals surface area contributed by atoms with Crippen molar-refractivity contribution in [3.8, 4) is 6.07 Å². The third-order valence-electron chi connectivity index (χ3n) is 3.29. The number of nitrogens with one attached hydrogen (secondary N) is 1. The van der Waals surface area contributed by atoms with E-state index in [-0.39, 0.29) is 0 Å². The van der Waals surface area contributed by atoms with E-state index in [0.717, 1.165) is 18.5 Å². The summed E-state index contributed by atoms with van der Waals surface area (Å²) in [5.74, 6) is 0. The van der Waals surface area contributed by atoms with E-state index in [9.17, 15) is 5.26 Å². The number of nitrogens with zero attached hydrogens (tertiary/aromatic N) is 1. The first-order valence-electron chi connectivity index (χ1n) is 7.04. The molecule has 1 atom stereocenters. The minimum atomic E-state index is -0.500. The second-order valence-corrected chi connectivity index (χ2v) is 5.68. The highest BCUT2D eigenvalue weighted by molar-refractivity contribution is 6.30. The van der Waals surface area contributed by atoms with E-state index in [2.05, 4.69) is 18.3 Å². The molecule has 0 saturated heterocycles. The molecule has 0 bridgehead atoms. The predicted molar refractivity (Wildman–Crippen MR) is 82.5 cm³/mol. The second-order valence-electron chi connectivity index (χ2n) is 5.24. The molecule has 3 heteroatoms. The third kappa shape index (κ3) is 5.98. The fraction of sp³-hybridized carbons (Fsp3) is 0.562. The van der Waals surface area contributed by atoms with Gasteiger partial charge in [-0.1, -0.05) is 50.6 Å². The van der Waals surface area contributed by atoms with Crippen molar-refractivity contribution in [3.05, 3.63) is 29.3 Å². The van der Waals surface area contributed by atoms with Gasteiger partial charge < -0.3 is 5.32 Å². The Kier molecular flexibility index (Phi) is 6.73. The molecule has 0 heterocycles. The number of benzene rings is 1. The summed E-state index contributed by atoms with van der Waals surface area (Å²) >= 11 is 5.86. The van der Waals surface area contributed by atoms with Gasteiger partial charge in [-0.3, -0.25) is 0 Å². The van der Waals surface area contributed by atoms with Crippen LogP contribution >= 0.6 is 11.6 Å². The molecule has 0 aromatic heterocycles. The van der Waals surface area contributed by atoms with Gasteiger partial charge in [0, 0.05) is 10.7 Å². The Balaban J connectivity index is 2.46. The molecule has 1 N–H and O–H groups in total. The van der Waals surface area contributed by atoms with Crippen LogP contribution in [-0.2, 0) is 0 Å². The quantitative estimate of drug-likeness (QED) is 0.647. The van der Waals surface area contributed by atoms with E-state index < -0.39 is 5.54 Å². The lowest BCUT2D eigenvalue weighted by molar-refractivity contribution is 0.522. The Labute approximate surface area is 121 Å². The maximum absolute atomic E-state index is 9.37. The zero-order valence-corrected chi connectivity index (χ0v) is 12.6. The van der Waals surface area contributed by atoms with Crippen LogP contribution in [-0.4, -0.2) is 5.54 Å². The minimum absolute atomic E-state index is 0.500. The van der Waals surface area contributed by atoms with Gasteiger partial charge in [0.15, 0.2) is 0 Å². The highest BCUT2D eigenvalue weighted by atomic mass is 35.5. The van der Waals surface area contributed by atoms with Crippen molar-refractivity contribution in [2.45, 2.75) is 57.9 Å². The zero-order valence-electron chi connectivity index (χ0n) is 11.9. The maximum Gasteiger partial charge on any atom is 0.122 e. The molecule has 104 valence electrons. The molecule has 0 amide bonds. The first kappa shape index (κ1) is 15.9. The van der Waals surface area contributed by atoms with Gasteiger partial charge in [0.2, 0.25) is 0 Å². The summed E-state index contributed by atoms with van der Waals surface area (Å²) in [5, 5.41) is 13.4. The van der Waals surface area contributed by atoms with E-state index in [0.29, 0.717) is 5.02 Å². The van der Waals surface area contributed by atoms with E-state index >= 15 is 0 Å². The second kappa shape index (κ2) is 8.07. The Hall–Kier alpha value is -1.20. The number of anilines is 1. The van der Waals surface area contributed by atoms with Crippen molar-refractivity contribution in [3.63, 3.8) is 0 Å². The highest BCUT2D eigenvalue weighted by Crippen LogP contribution is 2.22. The van der Waals surface area contributed by atoms with E-state index in [1.807, 2.05) is 31.2 Å². The van der Waals surface area contributed by atoms with Gasteiger partial charge in [0.1, 0.15) is 5.54 Å². The molecule has 1 unspecified atom stereocenters. The monoisotopic (exact) mass is 278 g/mol. The number of hydrogen-bond donors (Lipinski definition) is 1. The van der Waals surface area contributed by atoms with E-state index in [1.165, 1.54) is 25.7 Å². The van der Waals surface area contributed by atoms with Gasteiger partial charge in [-0.2, -0.15) is 5.26 Å². The molecule has 0 spiro atoms. The van der Waals surface area contributed by atoms with Crippen molar-refractivity contribution in [1.29, 1.82) is 5.26 Å². The Morgan fingerprint density at radius 1 is 1.16 bits per heavy atom. The van der Waals surface area contributed by atoms with Gasteiger partial charge in [-0.05, 0) is 37.6 Å². The lowest BCUT2D eigenvalue weighted by Crippen LogP contribution is -2.32. The Morgan fingerprint density at radius 3 is 2.37 bits per heavy atom. The molecular formula is C16H23ClN2. The van der Waals surface area contributed by atoms with Crippen LogP contribution in [0.3, 0.4) is 0 Å². The summed E-state index contributed by atoms with van der Waals surface area (Å²) in [4.78, 5) is 0. The largest absolute Gasteiger partial charge is 0.368 e. The SMILES string of the molecule is CCCCCCCC(C)(C#N)Nc1ccc(Cl)cc1. The van der Waals surface area contributed by atoms with Crippen LogP contribution in [0.4, 0.5) is 5.69 Å². The van der Waals surface area contributed by atoms with Crippen molar-refractivity contribution >= 4 is 17.3 Å². The van der Waals surface area contributed by atoms with E-state index in [1.54, 1.807) is 0 Å². The van der Waals surface area contributed by atoms with E-state index in [4.69, 9.17) is 11.6 Å². The van der Waals surface area contributed by atoms with Crippen LogP contribution in [0, 0.1) is 11.3 Å². The molecule has 1 aromatic rings. The molecular weight excluding hydrogens is 256 g/mol. The number of nitriles is 1. The maximum atomic E-state index is 9.37. The molecule has 0 aliphatic carbocycles. The standard InChI is InChI=1S/C16H23ClN2/c1-3-4-5-6-7-12-16(2,13-18)19-15-10-8-14(17)9-11-15/h8-11,19H,3-7,12H2,1-2H3. The van der Waals surface area contributed by atoms with Crippen LogP contribution in [0.25, 0.3) is 0 Å². The first-order chi connectivity index (χ1) is 9.09. The molecule has 1 rings (SSSR count). The van der Waals surface area contributed by atoms with Gasteiger partial charge in [-0.15, -0.1) is 0 Å². The molecule has 0 aliphatic rings. The normalized spacial score (nSPS) is 13.6. The van der Waals surface area contributed by atoms with Crippen molar-refractivity contribution < 1.29 is 0 Å². The summed E-state index contributed by atoms with van der Waals surface area (Å²) in [6.07, 6.45) is 6.96. The zero-order chi connectivity index (χ0) is 14.1. The summed E-state index contributed by atoms with van der Waals surface area (Å²) in [6, 6.07) is 9.88. The number of hydrogen-bond acceptors (Lipinski definition) is 2. The molecule has 1 aromatic carbocycles. The highest BCUT2D eigenvalue weighted by Gasteiger charge is 2.22. The predicted octanol–water partition coefficient (Wildman–Crippen LogP) is 5.39. The Morgan fingerprint density at radius 2 is 1.79 bits per heavy atom. The molecule has 0 radical (unpaired) electrons. The topological polar surface area (TPSA) is 35.8 Å². The molecule has 19 heavy (non-hydrogen) atoms. The minimum Gasteiger partial charge on any atom is -0.368 e. The molecule has 2 nitrogen and oxygen atoms in total. The molecule has 0 fully saturated rings. The summed E-state index contributed by atoms with van der Waals surface area (Å²) in [7, 11) is 0. The number of halogens is 1.